The van der Waals surface area contributed by atoms with E-state index in [1.54, 1.807) is 0 Å². The van der Waals surface area contributed by atoms with Gasteiger partial charge in [-0.25, -0.2) is 4.79 Å². The molecule has 0 radical (unpaired) electrons. The molecule has 0 aliphatic carbocycles. The molecule has 1 aromatic rings. The molecule has 3 nitrogen and oxygen atoms in total. The molecule has 94 valence electrons. The maximum atomic E-state index is 12.0. The number of carbonyl (C=O) groups excluding carboxylic acids is 1. The predicted molar refractivity (Wildman–Crippen MR) is 70.8 cm³/mol. The highest BCUT2D eigenvalue weighted by molar-refractivity contribution is 5.74. The predicted octanol–water partition coefficient (Wildman–Crippen LogP) is 3.02. The van der Waals surface area contributed by atoms with Crippen LogP contribution in [-0.2, 0) is 6.54 Å². The van der Waals surface area contributed by atoms with Crippen LogP contribution >= 0.6 is 0 Å². The van der Waals surface area contributed by atoms with Crippen molar-refractivity contribution in [2.24, 2.45) is 0 Å². The minimum atomic E-state index is -0.143. The zero-order chi connectivity index (χ0) is 12.9. The Bertz CT molecular complexity index is 354. The fourth-order valence-electron chi connectivity index (χ4n) is 1.79. The fourth-order valence-corrected chi connectivity index (χ4v) is 1.79. The van der Waals surface area contributed by atoms with Crippen molar-refractivity contribution in [1.82, 2.24) is 10.2 Å². The van der Waals surface area contributed by atoms with Crippen LogP contribution in [0.2, 0.25) is 0 Å². The van der Waals surface area contributed by atoms with Gasteiger partial charge in [-0.2, -0.15) is 0 Å². The Morgan fingerprint density at radius 2 is 1.82 bits per heavy atom. The Balaban J connectivity index is 2.55. The second-order valence-electron chi connectivity index (χ2n) is 5.06. The number of hydrogen-bond donors (Lipinski definition) is 1. The van der Waals surface area contributed by atoms with E-state index < -0.39 is 0 Å². The van der Waals surface area contributed by atoms with Crippen molar-refractivity contribution in [2.45, 2.75) is 39.8 Å². The average molecular weight is 234 g/mol. The molecule has 0 spiro atoms. The Kier molecular flexibility index (Phi) is 4.55. The summed E-state index contributed by atoms with van der Waals surface area (Å²) in [6, 6.07) is 9.93. The molecule has 1 N–H and O–H groups in total. The van der Waals surface area contributed by atoms with E-state index in [1.165, 1.54) is 0 Å². The number of hydrogen-bond acceptors (Lipinski definition) is 1. The van der Waals surface area contributed by atoms with Gasteiger partial charge in [-0.15, -0.1) is 0 Å². The van der Waals surface area contributed by atoms with Gasteiger partial charge in [-0.05, 0) is 33.3 Å². The zero-order valence-corrected chi connectivity index (χ0v) is 11.2. The van der Waals surface area contributed by atoms with Crippen molar-refractivity contribution in [3.8, 4) is 0 Å². The van der Waals surface area contributed by atoms with E-state index >= 15 is 0 Å². The second-order valence-corrected chi connectivity index (χ2v) is 5.06. The lowest BCUT2D eigenvalue weighted by molar-refractivity contribution is 0.149. The van der Waals surface area contributed by atoms with Gasteiger partial charge in [0.1, 0.15) is 0 Å². The summed E-state index contributed by atoms with van der Waals surface area (Å²) in [6.45, 7) is 9.40. The molecule has 0 heterocycles. The number of amides is 2. The summed E-state index contributed by atoms with van der Waals surface area (Å²) in [5, 5.41) is 2.94. The molecule has 0 aromatic heterocycles. The maximum absolute atomic E-state index is 12.0. The van der Waals surface area contributed by atoms with Crippen molar-refractivity contribution >= 4 is 6.03 Å². The third kappa shape index (κ3) is 4.10. The molecule has 0 bridgehead atoms. The van der Waals surface area contributed by atoms with E-state index in [0.717, 1.165) is 5.56 Å². The number of nitrogens with one attached hydrogen (secondary N) is 1. The van der Waals surface area contributed by atoms with Crippen LogP contribution in [0.15, 0.2) is 30.3 Å². The van der Waals surface area contributed by atoms with Crippen LogP contribution in [0, 0.1) is 0 Å². The van der Waals surface area contributed by atoms with Crippen LogP contribution < -0.4 is 5.32 Å². The van der Waals surface area contributed by atoms with E-state index in [2.05, 4.69) is 5.32 Å². The number of benzene rings is 1. The number of urea groups is 1. The number of carbonyl (C=O) groups is 1. The zero-order valence-electron chi connectivity index (χ0n) is 11.2. The molecular formula is C14H22N2O. The van der Waals surface area contributed by atoms with Crippen molar-refractivity contribution in [3.05, 3.63) is 35.9 Å². The number of nitrogens with zero attached hydrogens (tertiary/aromatic N) is 1. The third-order valence-corrected chi connectivity index (χ3v) is 2.66. The van der Waals surface area contributed by atoms with Crippen LogP contribution in [-0.4, -0.2) is 23.0 Å². The highest BCUT2D eigenvalue weighted by Crippen LogP contribution is 2.12. The highest BCUT2D eigenvalue weighted by atomic mass is 16.2. The second kappa shape index (κ2) is 5.71. The SMILES string of the molecule is CCN(C(=O)NCc1ccccc1)C(C)(C)C. The molecule has 1 rings (SSSR count). The molecule has 0 atom stereocenters. The molecule has 2 amide bonds. The van der Waals surface area contributed by atoms with E-state index in [0.29, 0.717) is 13.1 Å². The van der Waals surface area contributed by atoms with Crippen LogP contribution in [0.4, 0.5) is 4.79 Å². The van der Waals surface area contributed by atoms with Gasteiger partial charge in [0.05, 0.1) is 0 Å². The first-order chi connectivity index (χ1) is 7.95. The largest absolute Gasteiger partial charge is 0.334 e. The molecule has 0 aliphatic rings. The first-order valence-electron chi connectivity index (χ1n) is 6.04. The smallest absolute Gasteiger partial charge is 0.318 e. The summed E-state index contributed by atoms with van der Waals surface area (Å²) in [6.07, 6.45) is 0. The van der Waals surface area contributed by atoms with Crippen LogP contribution in [0.25, 0.3) is 0 Å². The molecule has 17 heavy (non-hydrogen) atoms. The molecule has 0 aliphatic heterocycles. The monoisotopic (exact) mass is 234 g/mol. The Labute approximate surface area is 104 Å². The van der Waals surface area contributed by atoms with Crippen molar-refractivity contribution < 1.29 is 4.79 Å². The van der Waals surface area contributed by atoms with Crippen molar-refractivity contribution in [2.75, 3.05) is 6.54 Å². The lowest BCUT2D eigenvalue weighted by atomic mass is 10.1. The van der Waals surface area contributed by atoms with Gasteiger partial charge < -0.3 is 10.2 Å². The normalized spacial score (nSPS) is 11.1. The Hall–Kier alpha value is -1.51. The molecule has 0 saturated carbocycles. The molecule has 0 saturated heterocycles. The van der Waals surface area contributed by atoms with Gasteiger partial charge in [0.2, 0.25) is 0 Å². The van der Waals surface area contributed by atoms with E-state index in [1.807, 2.05) is 62.9 Å². The van der Waals surface area contributed by atoms with E-state index in [9.17, 15) is 4.79 Å². The third-order valence-electron chi connectivity index (χ3n) is 2.66. The number of rotatable bonds is 3. The average Bonchev–Trinajstić information content (AvgIpc) is 2.27. The van der Waals surface area contributed by atoms with Gasteiger partial charge >= 0.3 is 6.03 Å². The minimum absolute atomic E-state index is 0.0103. The summed E-state index contributed by atoms with van der Waals surface area (Å²) >= 11 is 0. The van der Waals surface area contributed by atoms with Crippen molar-refractivity contribution in [1.29, 1.82) is 0 Å². The summed E-state index contributed by atoms with van der Waals surface area (Å²) < 4.78 is 0. The van der Waals surface area contributed by atoms with Crippen LogP contribution in [0.5, 0.6) is 0 Å². The molecule has 3 heteroatoms. The summed E-state index contributed by atoms with van der Waals surface area (Å²) in [5.74, 6) is 0. The standard InChI is InChI=1S/C14H22N2O/c1-5-16(14(2,3)4)13(17)15-11-12-9-7-6-8-10-12/h6-10H,5,11H2,1-4H3,(H,15,17). The highest BCUT2D eigenvalue weighted by Gasteiger charge is 2.24. The van der Waals surface area contributed by atoms with Crippen LogP contribution in [0.1, 0.15) is 33.3 Å². The van der Waals surface area contributed by atoms with E-state index in [-0.39, 0.29) is 11.6 Å². The Morgan fingerprint density at radius 1 is 1.24 bits per heavy atom. The lowest BCUT2D eigenvalue weighted by Gasteiger charge is -2.34. The van der Waals surface area contributed by atoms with Gasteiger partial charge in [0.15, 0.2) is 0 Å². The molecule has 0 fully saturated rings. The summed E-state index contributed by atoms with van der Waals surface area (Å²) in [5.41, 5.74) is 0.973. The summed E-state index contributed by atoms with van der Waals surface area (Å²) in [4.78, 5) is 13.8. The van der Waals surface area contributed by atoms with Gasteiger partial charge in [0.25, 0.3) is 0 Å². The molecule has 0 unspecified atom stereocenters. The molecular weight excluding hydrogens is 212 g/mol. The van der Waals surface area contributed by atoms with Gasteiger partial charge in [0, 0.05) is 18.6 Å². The van der Waals surface area contributed by atoms with E-state index in [4.69, 9.17) is 0 Å². The molecule has 1 aromatic carbocycles. The van der Waals surface area contributed by atoms with Crippen LogP contribution in [0.3, 0.4) is 0 Å². The fraction of sp³-hybridized carbons (Fsp3) is 0.500. The maximum Gasteiger partial charge on any atom is 0.318 e. The van der Waals surface area contributed by atoms with Gasteiger partial charge in [-0.3, -0.25) is 0 Å². The minimum Gasteiger partial charge on any atom is -0.334 e. The first kappa shape index (κ1) is 13.6. The lowest BCUT2D eigenvalue weighted by Crippen LogP contribution is -2.49. The van der Waals surface area contributed by atoms with Gasteiger partial charge in [-0.1, -0.05) is 30.3 Å². The summed E-state index contributed by atoms with van der Waals surface area (Å²) in [7, 11) is 0. The quantitative estimate of drug-likeness (QED) is 0.856. The first-order valence-corrected chi connectivity index (χ1v) is 6.04. The van der Waals surface area contributed by atoms with Crippen molar-refractivity contribution in [3.63, 3.8) is 0 Å². The Morgan fingerprint density at radius 3 is 2.29 bits per heavy atom. The topological polar surface area (TPSA) is 32.3 Å².